The zero-order valence-corrected chi connectivity index (χ0v) is 23.2. The van der Waals surface area contributed by atoms with Crippen molar-refractivity contribution in [3.8, 4) is 11.3 Å². The van der Waals surface area contributed by atoms with E-state index in [-0.39, 0.29) is 17.2 Å². The van der Waals surface area contributed by atoms with E-state index in [0.29, 0.717) is 34.0 Å². The number of aryl methyl sites for hydroxylation is 1. The van der Waals surface area contributed by atoms with Gasteiger partial charge >= 0.3 is 0 Å². The Kier molecular flexibility index (Phi) is 7.09. The number of hydrogen-bond acceptors (Lipinski definition) is 5. The minimum atomic E-state index is -0.173. The summed E-state index contributed by atoms with van der Waals surface area (Å²) >= 11 is 0. The third kappa shape index (κ3) is 5.56. The molecule has 8 heteroatoms. The van der Waals surface area contributed by atoms with Crippen LogP contribution in [0, 0.1) is 6.92 Å². The van der Waals surface area contributed by atoms with E-state index < -0.39 is 0 Å². The van der Waals surface area contributed by atoms with E-state index in [1.165, 1.54) is 5.56 Å². The van der Waals surface area contributed by atoms with Gasteiger partial charge in [0, 0.05) is 53.7 Å². The first-order valence-corrected chi connectivity index (χ1v) is 13.1. The second kappa shape index (κ2) is 10.6. The van der Waals surface area contributed by atoms with Gasteiger partial charge in [-0.2, -0.15) is 0 Å². The van der Waals surface area contributed by atoms with Crippen molar-refractivity contribution in [1.82, 2.24) is 19.7 Å². The van der Waals surface area contributed by atoms with E-state index in [2.05, 4.69) is 41.7 Å². The molecule has 2 amide bonds. The molecule has 2 heterocycles. The standard InChI is InChI=1S/C32H32N6O2/c1-20-17-23(30(39)33-5)11-14-26(20)36-28-29-34-15-16-38(29)19-27(37-28)22-7-6-8-25(18-22)35-31(40)21-9-12-24(13-10-21)32(2,3)4/h6-19H,1-5H3,(H,33,39)(H,35,40)(H,36,37). The van der Waals surface area contributed by atoms with Crippen LogP contribution in [-0.4, -0.2) is 33.2 Å². The zero-order valence-electron chi connectivity index (χ0n) is 23.2. The molecule has 202 valence electrons. The molecule has 40 heavy (non-hydrogen) atoms. The molecule has 0 saturated carbocycles. The minimum absolute atomic E-state index is 0.0219. The number of fused-ring (bicyclic) bond motifs is 1. The molecule has 0 aliphatic heterocycles. The molecule has 0 bridgehead atoms. The van der Waals surface area contributed by atoms with E-state index in [0.717, 1.165) is 16.8 Å². The molecular weight excluding hydrogens is 500 g/mol. The monoisotopic (exact) mass is 532 g/mol. The normalized spacial score (nSPS) is 11.3. The maximum Gasteiger partial charge on any atom is 0.255 e. The van der Waals surface area contributed by atoms with Crippen LogP contribution in [0.25, 0.3) is 16.9 Å². The number of rotatable bonds is 6. The Morgan fingerprint density at radius 3 is 2.35 bits per heavy atom. The first-order chi connectivity index (χ1) is 19.1. The van der Waals surface area contributed by atoms with Gasteiger partial charge in [-0.05, 0) is 65.9 Å². The van der Waals surface area contributed by atoms with E-state index in [1.54, 1.807) is 19.3 Å². The SMILES string of the molecule is CNC(=O)c1ccc(Nc2nc(-c3cccc(NC(=O)c4ccc(C(C)(C)C)cc4)c3)cn3ccnc23)c(C)c1. The Bertz CT molecular complexity index is 1710. The third-order valence-electron chi connectivity index (χ3n) is 6.77. The van der Waals surface area contributed by atoms with Crippen LogP contribution in [-0.2, 0) is 5.41 Å². The molecule has 3 N–H and O–H groups in total. The predicted octanol–water partition coefficient (Wildman–Crippen LogP) is 6.36. The van der Waals surface area contributed by atoms with Gasteiger partial charge in [-0.25, -0.2) is 9.97 Å². The second-order valence-corrected chi connectivity index (χ2v) is 10.7. The fourth-order valence-corrected chi connectivity index (χ4v) is 4.45. The van der Waals surface area contributed by atoms with Crippen LogP contribution in [0.4, 0.5) is 17.2 Å². The lowest BCUT2D eigenvalue weighted by molar-refractivity contribution is 0.0962. The predicted molar refractivity (Wildman–Crippen MR) is 159 cm³/mol. The summed E-state index contributed by atoms with van der Waals surface area (Å²) in [5.74, 6) is 0.264. The van der Waals surface area contributed by atoms with Gasteiger partial charge in [-0.15, -0.1) is 0 Å². The van der Waals surface area contributed by atoms with Crippen LogP contribution in [0.15, 0.2) is 85.3 Å². The smallest absolute Gasteiger partial charge is 0.255 e. The number of carbonyl (C=O) groups is 2. The highest BCUT2D eigenvalue weighted by atomic mass is 16.2. The summed E-state index contributed by atoms with van der Waals surface area (Å²) in [6, 6.07) is 20.8. The molecule has 0 saturated heterocycles. The number of nitrogens with one attached hydrogen (secondary N) is 3. The summed E-state index contributed by atoms with van der Waals surface area (Å²) < 4.78 is 1.90. The molecule has 0 atom stereocenters. The van der Waals surface area contributed by atoms with Gasteiger partial charge in [0.05, 0.1) is 5.69 Å². The summed E-state index contributed by atoms with van der Waals surface area (Å²) in [6.07, 6.45) is 5.48. The van der Waals surface area contributed by atoms with Crippen LogP contribution in [0.5, 0.6) is 0 Å². The first kappa shape index (κ1) is 26.6. The molecule has 5 rings (SSSR count). The van der Waals surface area contributed by atoms with Gasteiger partial charge in [-0.1, -0.05) is 45.0 Å². The van der Waals surface area contributed by atoms with Gasteiger partial charge in [0.1, 0.15) is 0 Å². The Labute approximate surface area is 233 Å². The van der Waals surface area contributed by atoms with Crippen molar-refractivity contribution >= 4 is 34.7 Å². The van der Waals surface area contributed by atoms with Crippen molar-refractivity contribution in [2.24, 2.45) is 0 Å². The van der Waals surface area contributed by atoms with Gasteiger partial charge < -0.3 is 20.4 Å². The molecule has 0 fully saturated rings. The molecule has 8 nitrogen and oxygen atoms in total. The second-order valence-electron chi connectivity index (χ2n) is 10.7. The lowest BCUT2D eigenvalue weighted by Gasteiger charge is -2.19. The summed E-state index contributed by atoms with van der Waals surface area (Å²) in [7, 11) is 1.61. The lowest BCUT2D eigenvalue weighted by Crippen LogP contribution is -2.17. The number of benzene rings is 3. The van der Waals surface area contributed by atoms with Crippen LogP contribution in [0.1, 0.15) is 52.6 Å². The lowest BCUT2D eigenvalue weighted by atomic mass is 9.87. The van der Waals surface area contributed by atoms with E-state index in [1.807, 2.05) is 84.4 Å². The van der Waals surface area contributed by atoms with Crippen LogP contribution in [0.2, 0.25) is 0 Å². The van der Waals surface area contributed by atoms with Gasteiger partial charge in [-0.3, -0.25) is 9.59 Å². The van der Waals surface area contributed by atoms with Crippen LogP contribution in [0.3, 0.4) is 0 Å². The number of hydrogen-bond donors (Lipinski definition) is 3. The summed E-state index contributed by atoms with van der Waals surface area (Å²) in [5, 5.41) is 9.03. The number of nitrogens with zero attached hydrogens (tertiary/aromatic N) is 3. The van der Waals surface area contributed by atoms with Gasteiger partial charge in [0.2, 0.25) is 0 Å². The number of imidazole rings is 1. The van der Waals surface area contributed by atoms with Gasteiger partial charge in [0.15, 0.2) is 11.5 Å². The molecule has 0 unspecified atom stereocenters. The Morgan fingerprint density at radius 2 is 1.65 bits per heavy atom. The van der Waals surface area contributed by atoms with Crippen molar-refractivity contribution in [2.45, 2.75) is 33.1 Å². The average Bonchev–Trinajstić information content (AvgIpc) is 3.42. The maximum absolute atomic E-state index is 13.0. The molecule has 2 aromatic heterocycles. The van der Waals surface area contributed by atoms with Crippen molar-refractivity contribution in [1.29, 1.82) is 0 Å². The highest BCUT2D eigenvalue weighted by Crippen LogP contribution is 2.28. The average molecular weight is 533 g/mol. The van der Waals surface area contributed by atoms with Gasteiger partial charge in [0.25, 0.3) is 11.8 Å². The molecule has 0 radical (unpaired) electrons. The maximum atomic E-state index is 13.0. The van der Waals surface area contributed by atoms with Crippen molar-refractivity contribution in [3.63, 3.8) is 0 Å². The summed E-state index contributed by atoms with van der Waals surface area (Å²) in [5.41, 5.74) is 6.99. The fraction of sp³-hybridized carbons (Fsp3) is 0.188. The van der Waals surface area contributed by atoms with E-state index >= 15 is 0 Å². The first-order valence-electron chi connectivity index (χ1n) is 13.1. The van der Waals surface area contributed by atoms with Crippen LogP contribution < -0.4 is 16.0 Å². The highest BCUT2D eigenvalue weighted by molar-refractivity contribution is 6.04. The number of aromatic nitrogens is 3. The largest absolute Gasteiger partial charge is 0.355 e. The molecule has 5 aromatic rings. The number of carbonyl (C=O) groups excluding carboxylic acids is 2. The van der Waals surface area contributed by atoms with Crippen molar-refractivity contribution in [3.05, 3.63) is 108 Å². The molecule has 0 spiro atoms. The Morgan fingerprint density at radius 1 is 0.900 bits per heavy atom. The molecule has 3 aromatic carbocycles. The molecule has 0 aliphatic carbocycles. The fourth-order valence-electron chi connectivity index (χ4n) is 4.45. The molecular formula is C32H32N6O2. The molecule has 0 aliphatic rings. The Hall–Kier alpha value is -4.98. The summed E-state index contributed by atoms with van der Waals surface area (Å²) in [4.78, 5) is 34.3. The van der Waals surface area contributed by atoms with Crippen molar-refractivity contribution < 1.29 is 9.59 Å². The van der Waals surface area contributed by atoms with E-state index in [9.17, 15) is 9.59 Å². The Balaban J connectivity index is 1.42. The number of anilines is 3. The zero-order chi connectivity index (χ0) is 28.4. The minimum Gasteiger partial charge on any atom is -0.355 e. The topological polar surface area (TPSA) is 100 Å². The number of amides is 2. The quantitative estimate of drug-likeness (QED) is 0.236. The van der Waals surface area contributed by atoms with Crippen LogP contribution >= 0.6 is 0 Å². The summed E-state index contributed by atoms with van der Waals surface area (Å²) in [6.45, 7) is 8.37. The van der Waals surface area contributed by atoms with E-state index in [4.69, 9.17) is 4.98 Å². The van der Waals surface area contributed by atoms with Crippen molar-refractivity contribution in [2.75, 3.05) is 17.7 Å². The third-order valence-corrected chi connectivity index (χ3v) is 6.77. The highest BCUT2D eigenvalue weighted by Gasteiger charge is 2.16.